The maximum absolute atomic E-state index is 14.1. The zero-order valence-corrected chi connectivity index (χ0v) is 20.1. The van der Waals surface area contributed by atoms with E-state index in [2.05, 4.69) is 10.3 Å². The highest BCUT2D eigenvalue weighted by Gasteiger charge is 2.24. The second-order valence-electron chi connectivity index (χ2n) is 9.03. The lowest BCUT2D eigenvalue weighted by Crippen LogP contribution is -2.24. The summed E-state index contributed by atoms with van der Waals surface area (Å²) in [4.78, 5) is 17.7. The second kappa shape index (κ2) is 11.3. The molecule has 6 nitrogen and oxygen atoms in total. The van der Waals surface area contributed by atoms with Crippen LogP contribution >= 0.6 is 0 Å². The first-order valence-corrected chi connectivity index (χ1v) is 11.9. The molecule has 0 spiro atoms. The van der Waals surface area contributed by atoms with Crippen molar-refractivity contribution in [2.24, 2.45) is 5.92 Å². The number of methoxy groups -OCH3 is 1. The summed E-state index contributed by atoms with van der Waals surface area (Å²) in [5.41, 5.74) is 3.78. The number of aliphatic hydroxyl groups is 1. The largest absolute Gasteiger partial charge is 0.494 e. The van der Waals surface area contributed by atoms with Gasteiger partial charge in [0, 0.05) is 18.3 Å². The van der Waals surface area contributed by atoms with Gasteiger partial charge < -0.3 is 19.9 Å². The van der Waals surface area contributed by atoms with Crippen LogP contribution in [-0.4, -0.2) is 35.8 Å². The van der Waals surface area contributed by atoms with E-state index in [1.165, 1.54) is 19.2 Å². The Bertz CT molecular complexity index is 1180. The number of aromatic nitrogens is 1. The number of pyridine rings is 1. The summed E-state index contributed by atoms with van der Waals surface area (Å²) < 4.78 is 24.9. The highest BCUT2D eigenvalue weighted by Crippen LogP contribution is 2.32. The molecule has 184 valence electrons. The molecule has 3 aromatic rings. The van der Waals surface area contributed by atoms with Crippen LogP contribution in [0.15, 0.2) is 54.7 Å². The van der Waals surface area contributed by atoms with E-state index < -0.39 is 11.9 Å². The molecule has 1 saturated carbocycles. The van der Waals surface area contributed by atoms with Gasteiger partial charge in [0.1, 0.15) is 5.56 Å². The van der Waals surface area contributed by atoms with Gasteiger partial charge in [-0.3, -0.25) is 4.79 Å². The Balaban J connectivity index is 1.58. The fourth-order valence-corrected chi connectivity index (χ4v) is 3.84. The van der Waals surface area contributed by atoms with Crippen molar-refractivity contribution in [3.05, 3.63) is 77.2 Å². The van der Waals surface area contributed by atoms with Crippen molar-refractivity contribution in [1.29, 1.82) is 0 Å². The van der Waals surface area contributed by atoms with Gasteiger partial charge in [0.2, 0.25) is 5.88 Å². The first-order valence-electron chi connectivity index (χ1n) is 11.9. The maximum atomic E-state index is 14.1. The van der Waals surface area contributed by atoms with Crippen LogP contribution in [0, 0.1) is 11.7 Å². The Morgan fingerprint density at radius 2 is 2.03 bits per heavy atom. The molecule has 1 amide bonds. The molecule has 1 fully saturated rings. The minimum atomic E-state index is -0.481. The van der Waals surface area contributed by atoms with Crippen molar-refractivity contribution in [2.75, 3.05) is 13.7 Å². The van der Waals surface area contributed by atoms with Gasteiger partial charge in [-0.25, -0.2) is 9.37 Å². The Morgan fingerprint density at radius 3 is 2.74 bits per heavy atom. The van der Waals surface area contributed by atoms with Gasteiger partial charge in [-0.15, -0.1) is 0 Å². The summed E-state index contributed by atoms with van der Waals surface area (Å²) in [6.45, 7) is 2.45. The zero-order chi connectivity index (χ0) is 24.8. The fourth-order valence-electron chi connectivity index (χ4n) is 3.84. The molecule has 7 heteroatoms. The summed E-state index contributed by atoms with van der Waals surface area (Å²) in [7, 11) is 1.41. The van der Waals surface area contributed by atoms with Gasteiger partial charge in [0.05, 0.1) is 19.8 Å². The average molecular weight is 479 g/mol. The van der Waals surface area contributed by atoms with Crippen LogP contribution in [0.4, 0.5) is 4.39 Å². The van der Waals surface area contributed by atoms with Gasteiger partial charge in [-0.2, -0.15) is 0 Å². The van der Waals surface area contributed by atoms with Gasteiger partial charge in [0.15, 0.2) is 11.6 Å². The molecule has 1 aromatic heterocycles. The summed E-state index contributed by atoms with van der Waals surface area (Å²) in [5.74, 6) is 0.131. The third kappa shape index (κ3) is 6.57. The number of halogens is 1. The number of aliphatic hydroxyl groups excluding tert-OH is 1. The number of rotatable bonds is 11. The number of hydrogen-bond donors (Lipinski definition) is 2. The molecule has 4 rings (SSSR count). The first kappa shape index (κ1) is 24.7. The molecular formula is C28H31FN2O4. The Labute approximate surface area is 205 Å². The fraction of sp³-hybridized carbons (Fsp3) is 0.357. The van der Waals surface area contributed by atoms with Gasteiger partial charge in [-0.05, 0) is 73.4 Å². The van der Waals surface area contributed by atoms with E-state index >= 15 is 0 Å². The predicted octanol–water partition coefficient (Wildman–Crippen LogP) is 4.93. The summed E-state index contributed by atoms with van der Waals surface area (Å²) in [5, 5.41) is 12.6. The number of nitrogens with zero attached hydrogens (tertiary/aromatic N) is 1. The highest BCUT2D eigenvalue weighted by molar-refractivity contribution is 5.97. The topological polar surface area (TPSA) is 80.7 Å². The molecule has 2 aromatic carbocycles. The second-order valence-corrected chi connectivity index (χ2v) is 9.03. The minimum absolute atomic E-state index is 0.150. The van der Waals surface area contributed by atoms with Crippen LogP contribution in [0.2, 0.25) is 0 Å². The van der Waals surface area contributed by atoms with Crippen molar-refractivity contribution in [3.63, 3.8) is 0 Å². The maximum Gasteiger partial charge on any atom is 0.257 e. The van der Waals surface area contributed by atoms with Crippen molar-refractivity contribution in [3.8, 4) is 22.8 Å². The molecular weight excluding hydrogens is 447 g/mol. The summed E-state index contributed by atoms with van der Waals surface area (Å²) >= 11 is 0. The number of aryl methyl sites for hydroxylation is 1. The van der Waals surface area contributed by atoms with Crippen LogP contribution < -0.4 is 14.8 Å². The van der Waals surface area contributed by atoms with Crippen molar-refractivity contribution < 1.29 is 23.8 Å². The average Bonchev–Trinajstić information content (AvgIpc) is 3.69. The number of nitrogens with one attached hydrogen (secondary N) is 1. The molecule has 35 heavy (non-hydrogen) atoms. The standard InChI is InChI=1S/C28H31FN2O4/c1-18(32)7-11-21-5-3-4-6-23(21)22-14-24(28(31-16-22)35-17-19-8-9-19)27(33)30-15-20-10-12-26(34-2)25(29)13-20/h3-6,10,12-14,16,18-19,32H,7-9,11,15,17H2,1-2H3,(H,30,33). The molecule has 2 N–H and O–H groups in total. The minimum Gasteiger partial charge on any atom is -0.494 e. The van der Waals surface area contributed by atoms with Crippen LogP contribution in [0.3, 0.4) is 0 Å². The van der Waals surface area contributed by atoms with Crippen LogP contribution in [0.25, 0.3) is 11.1 Å². The van der Waals surface area contributed by atoms with Crippen LogP contribution in [-0.2, 0) is 13.0 Å². The lowest BCUT2D eigenvalue weighted by atomic mass is 9.96. The normalized spacial score (nSPS) is 13.8. The molecule has 1 aliphatic carbocycles. The van der Waals surface area contributed by atoms with Crippen molar-refractivity contribution in [1.82, 2.24) is 10.3 Å². The Morgan fingerprint density at radius 1 is 1.23 bits per heavy atom. The van der Waals surface area contributed by atoms with Gasteiger partial charge >= 0.3 is 0 Å². The van der Waals surface area contributed by atoms with E-state index in [0.717, 1.165) is 29.5 Å². The Hall–Kier alpha value is -3.45. The highest BCUT2D eigenvalue weighted by atomic mass is 19.1. The third-order valence-electron chi connectivity index (χ3n) is 6.08. The van der Waals surface area contributed by atoms with Crippen molar-refractivity contribution >= 4 is 5.91 Å². The van der Waals surface area contributed by atoms with E-state index in [1.54, 1.807) is 25.3 Å². The number of benzene rings is 2. The summed E-state index contributed by atoms with van der Waals surface area (Å²) in [6, 6.07) is 14.3. The molecule has 1 aliphatic rings. The Kier molecular flexibility index (Phi) is 7.98. The number of carbonyl (C=O) groups is 1. The molecule has 1 unspecified atom stereocenters. The SMILES string of the molecule is COc1ccc(CNC(=O)c2cc(-c3ccccc3CCC(C)O)cnc2OCC2CC2)cc1F. The van der Waals surface area contributed by atoms with E-state index in [1.807, 2.05) is 24.3 Å². The van der Waals surface area contributed by atoms with E-state index in [0.29, 0.717) is 42.4 Å². The van der Waals surface area contributed by atoms with Gasteiger partial charge in [-0.1, -0.05) is 30.3 Å². The number of ether oxygens (including phenoxy) is 2. The lowest BCUT2D eigenvalue weighted by Gasteiger charge is -2.15. The first-order chi connectivity index (χ1) is 16.9. The number of carbonyl (C=O) groups excluding carboxylic acids is 1. The molecule has 0 saturated heterocycles. The van der Waals surface area contributed by atoms with E-state index in [-0.39, 0.29) is 18.2 Å². The van der Waals surface area contributed by atoms with Crippen LogP contribution in [0.5, 0.6) is 11.6 Å². The van der Waals surface area contributed by atoms with Crippen molar-refractivity contribution in [2.45, 2.75) is 45.3 Å². The van der Waals surface area contributed by atoms with E-state index in [4.69, 9.17) is 9.47 Å². The predicted molar refractivity (Wildman–Crippen MR) is 132 cm³/mol. The molecule has 1 atom stereocenters. The van der Waals surface area contributed by atoms with Gasteiger partial charge in [0.25, 0.3) is 5.91 Å². The number of hydrogen-bond acceptors (Lipinski definition) is 5. The quantitative estimate of drug-likeness (QED) is 0.409. The monoisotopic (exact) mass is 478 g/mol. The number of amides is 1. The molecule has 0 bridgehead atoms. The lowest BCUT2D eigenvalue weighted by molar-refractivity contribution is 0.0945. The van der Waals surface area contributed by atoms with Crippen LogP contribution in [0.1, 0.15) is 47.7 Å². The van der Waals surface area contributed by atoms with E-state index in [9.17, 15) is 14.3 Å². The molecule has 1 heterocycles. The zero-order valence-electron chi connectivity index (χ0n) is 20.1. The summed E-state index contributed by atoms with van der Waals surface area (Å²) in [6.07, 6.45) is 4.91. The molecule has 0 aliphatic heterocycles. The smallest absolute Gasteiger partial charge is 0.257 e. The third-order valence-corrected chi connectivity index (χ3v) is 6.08. The molecule has 0 radical (unpaired) electrons.